The predicted octanol–water partition coefficient (Wildman–Crippen LogP) is 3.01. The van der Waals surface area contributed by atoms with Crippen LogP contribution in [-0.2, 0) is 9.53 Å². The fourth-order valence-electron chi connectivity index (χ4n) is 1.08. The molecule has 0 aromatic carbocycles. The number of alkyl halides is 3. The summed E-state index contributed by atoms with van der Waals surface area (Å²) in [5.41, 5.74) is 0. The van der Waals surface area contributed by atoms with E-state index in [0.717, 1.165) is 19.3 Å². The van der Waals surface area contributed by atoms with Gasteiger partial charge in [-0.1, -0.05) is 40.9 Å². The van der Waals surface area contributed by atoms with Crippen molar-refractivity contribution in [3.63, 3.8) is 0 Å². The molecule has 5 heteroatoms. The smallest absolute Gasteiger partial charge is 0.359 e. The number of esters is 1. The molecule has 1 rings (SSSR count). The summed E-state index contributed by atoms with van der Waals surface area (Å²) in [6.07, 6.45) is 6.34. The SMILES string of the molecule is O=C(OC1C=CCCC1)C(Cl)(Cl)Cl. The van der Waals surface area contributed by atoms with Crippen LogP contribution in [0, 0.1) is 0 Å². The maximum Gasteiger partial charge on any atom is 0.359 e. The van der Waals surface area contributed by atoms with E-state index in [-0.39, 0.29) is 6.10 Å². The molecule has 0 saturated carbocycles. The zero-order valence-electron chi connectivity index (χ0n) is 6.80. The van der Waals surface area contributed by atoms with Crippen molar-refractivity contribution in [1.82, 2.24) is 0 Å². The molecule has 0 fully saturated rings. The van der Waals surface area contributed by atoms with E-state index in [0.29, 0.717) is 0 Å². The second-order valence-electron chi connectivity index (χ2n) is 2.80. The van der Waals surface area contributed by atoms with Crippen molar-refractivity contribution < 1.29 is 9.53 Å². The average Bonchev–Trinajstić information content (AvgIpc) is 2.04. The van der Waals surface area contributed by atoms with Gasteiger partial charge in [-0.3, -0.25) is 0 Å². The maximum absolute atomic E-state index is 11.1. The van der Waals surface area contributed by atoms with Crippen molar-refractivity contribution in [3.8, 4) is 0 Å². The third-order valence-electron chi connectivity index (χ3n) is 1.70. The van der Waals surface area contributed by atoms with Gasteiger partial charge in [-0.25, -0.2) is 4.79 Å². The first-order valence-corrected chi connectivity index (χ1v) is 5.08. The van der Waals surface area contributed by atoms with Gasteiger partial charge in [-0.05, 0) is 25.3 Å². The van der Waals surface area contributed by atoms with E-state index in [1.807, 2.05) is 12.2 Å². The van der Waals surface area contributed by atoms with Crippen LogP contribution in [-0.4, -0.2) is 15.9 Å². The van der Waals surface area contributed by atoms with Crippen molar-refractivity contribution in [2.75, 3.05) is 0 Å². The Morgan fingerprint density at radius 1 is 1.46 bits per heavy atom. The first kappa shape index (κ1) is 11.2. The van der Waals surface area contributed by atoms with Crippen LogP contribution in [0.25, 0.3) is 0 Å². The number of halogens is 3. The molecule has 0 aliphatic heterocycles. The third kappa shape index (κ3) is 3.75. The number of rotatable bonds is 1. The summed E-state index contributed by atoms with van der Waals surface area (Å²) in [5, 5.41) is 0. The van der Waals surface area contributed by atoms with Gasteiger partial charge in [0.2, 0.25) is 0 Å². The molecule has 74 valence electrons. The largest absolute Gasteiger partial charge is 0.455 e. The molecule has 0 heterocycles. The van der Waals surface area contributed by atoms with E-state index in [1.54, 1.807) is 0 Å². The average molecular weight is 244 g/mol. The Labute approximate surface area is 91.8 Å². The minimum atomic E-state index is -1.97. The van der Waals surface area contributed by atoms with Crippen LogP contribution in [0.2, 0.25) is 0 Å². The van der Waals surface area contributed by atoms with Crippen LogP contribution >= 0.6 is 34.8 Å². The highest BCUT2D eigenvalue weighted by molar-refractivity contribution is 6.75. The summed E-state index contributed by atoms with van der Waals surface area (Å²) in [4.78, 5) is 11.1. The lowest BCUT2D eigenvalue weighted by atomic mass is 10.1. The maximum atomic E-state index is 11.1. The van der Waals surface area contributed by atoms with E-state index in [4.69, 9.17) is 39.5 Å². The highest BCUT2D eigenvalue weighted by atomic mass is 35.6. The Kier molecular flexibility index (Phi) is 3.89. The second-order valence-corrected chi connectivity index (χ2v) is 5.08. The topological polar surface area (TPSA) is 26.3 Å². The Bertz CT molecular complexity index is 220. The van der Waals surface area contributed by atoms with Crippen LogP contribution < -0.4 is 0 Å². The van der Waals surface area contributed by atoms with E-state index in [1.165, 1.54) is 0 Å². The molecule has 1 unspecified atom stereocenters. The van der Waals surface area contributed by atoms with Gasteiger partial charge in [-0.2, -0.15) is 0 Å². The van der Waals surface area contributed by atoms with Crippen molar-refractivity contribution in [1.29, 1.82) is 0 Å². The van der Waals surface area contributed by atoms with Crippen LogP contribution in [0.4, 0.5) is 0 Å². The van der Waals surface area contributed by atoms with Crippen molar-refractivity contribution in [2.45, 2.75) is 29.2 Å². The quantitative estimate of drug-likeness (QED) is 0.402. The highest BCUT2D eigenvalue weighted by Gasteiger charge is 2.34. The van der Waals surface area contributed by atoms with Crippen molar-refractivity contribution >= 4 is 40.8 Å². The van der Waals surface area contributed by atoms with Gasteiger partial charge < -0.3 is 4.74 Å². The molecule has 0 aromatic rings. The normalized spacial score (nSPS) is 22.8. The molecule has 0 radical (unpaired) electrons. The number of carbonyl (C=O) groups excluding carboxylic acids is 1. The van der Waals surface area contributed by atoms with E-state index in [9.17, 15) is 4.79 Å². The number of hydrogen-bond acceptors (Lipinski definition) is 2. The fourth-order valence-corrected chi connectivity index (χ4v) is 1.22. The van der Waals surface area contributed by atoms with Crippen LogP contribution in [0.5, 0.6) is 0 Å². The highest BCUT2D eigenvalue weighted by Crippen LogP contribution is 2.29. The van der Waals surface area contributed by atoms with Crippen LogP contribution in [0.1, 0.15) is 19.3 Å². The van der Waals surface area contributed by atoms with Gasteiger partial charge >= 0.3 is 5.97 Å². The van der Waals surface area contributed by atoms with Gasteiger partial charge in [0.15, 0.2) is 0 Å². The van der Waals surface area contributed by atoms with Crippen molar-refractivity contribution in [2.24, 2.45) is 0 Å². The van der Waals surface area contributed by atoms with E-state index >= 15 is 0 Å². The lowest BCUT2D eigenvalue weighted by Crippen LogP contribution is -2.27. The summed E-state index contributed by atoms with van der Waals surface area (Å²) < 4.78 is 2.97. The van der Waals surface area contributed by atoms with E-state index < -0.39 is 9.76 Å². The third-order valence-corrected chi connectivity index (χ3v) is 2.16. The molecule has 0 saturated heterocycles. The summed E-state index contributed by atoms with van der Waals surface area (Å²) in [5.74, 6) is -0.811. The molecule has 2 nitrogen and oxygen atoms in total. The summed E-state index contributed by atoms with van der Waals surface area (Å²) in [6.45, 7) is 0. The van der Waals surface area contributed by atoms with Gasteiger partial charge in [0, 0.05) is 0 Å². The zero-order chi connectivity index (χ0) is 9.90. The predicted molar refractivity (Wildman–Crippen MR) is 53.2 cm³/mol. The number of carbonyl (C=O) groups is 1. The minimum absolute atomic E-state index is 0.239. The lowest BCUT2D eigenvalue weighted by Gasteiger charge is -2.19. The molecule has 13 heavy (non-hydrogen) atoms. The summed E-state index contributed by atoms with van der Waals surface area (Å²) >= 11 is 16.0. The molecule has 0 aromatic heterocycles. The number of allylic oxidation sites excluding steroid dienone is 1. The monoisotopic (exact) mass is 242 g/mol. The lowest BCUT2D eigenvalue weighted by molar-refractivity contribution is -0.146. The first-order valence-electron chi connectivity index (χ1n) is 3.94. The van der Waals surface area contributed by atoms with E-state index in [2.05, 4.69) is 0 Å². The van der Waals surface area contributed by atoms with Gasteiger partial charge in [0.05, 0.1) is 0 Å². The molecular formula is C8H9Cl3O2. The molecule has 0 spiro atoms. The van der Waals surface area contributed by atoms with Gasteiger partial charge in [-0.15, -0.1) is 0 Å². The molecule has 1 aliphatic rings. The standard InChI is InChI=1S/C8H9Cl3O2/c9-8(10,11)7(12)13-6-4-2-1-3-5-6/h2,4,6H,1,3,5H2. The van der Waals surface area contributed by atoms with Crippen molar-refractivity contribution in [3.05, 3.63) is 12.2 Å². The minimum Gasteiger partial charge on any atom is -0.455 e. The molecule has 0 bridgehead atoms. The first-order chi connectivity index (χ1) is 6.00. The molecule has 1 atom stereocenters. The Morgan fingerprint density at radius 2 is 2.15 bits per heavy atom. The molecule has 1 aliphatic carbocycles. The number of hydrogen-bond donors (Lipinski definition) is 0. The molecule has 0 amide bonds. The van der Waals surface area contributed by atoms with Crippen LogP contribution in [0.3, 0.4) is 0 Å². The Hall–Kier alpha value is 0.0800. The Balaban J connectivity index is 2.44. The zero-order valence-corrected chi connectivity index (χ0v) is 9.07. The van der Waals surface area contributed by atoms with Crippen LogP contribution in [0.15, 0.2) is 12.2 Å². The second kappa shape index (κ2) is 4.54. The van der Waals surface area contributed by atoms with Gasteiger partial charge in [0.25, 0.3) is 3.79 Å². The Morgan fingerprint density at radius 3 is 2.62 bits per heavy atom. The molecular weight excluding hydrogens is 234 g/mol. The summed E-state index contributed by atoms with van der Waals surface area (Å²) in [7, 11) is 0. The summed E-state index contributed by atoms with van der Waals surface area (Å²) in [6, 6.07) is 0. The fraction of sp³-hybridized carbons (Fsp3) is 0.625. The number of ether oxygens (including phenoxy) is 1. The molecule has 0 N–H and O–H groups in total. The van der Waals surface area contributed by atoms with Gasteiger partial charge in [0.1, 0.15) is 6.10 Å².